The highest BCUT2D eigenvalue weighted by atomic mass is 35.5. The lowest BCUT2D eigenvalue weighted by atomic mass is 10.2. The molecule has 1 aromatic heterocycles. The Labute approximate surface area is 186 Å². The van der Waals surface area contributed by atoms with E-state index in [1.54, 1.807) is 29.4 Å². The molecule has 160 valence electrons. The van der Waals surface area contributed by atoms with E-state index >= 15 is 0 Å². The predicted molar refractivity (Wildman–Crippen MR) is 118 cm³/mol. The van der Waals surface area contributed by atoms with Crippen LogP contribution in [0.2, 0.25) is 5.02 Å². The number of hydrogen-bond acceptors (Lipinski definition) is 4. The van der Waals surface area contributed by atoms with Crippen LogP contribution in [-0.4, -0.2) is 31.8 Å². The van der Waals surface area contributed by atoms with Gasteiger partial charge in [-0.2, -0.15) is 0 Å². The molecule has 0 spiro atoms. The van der Waals surface area contributed by atoms with Gasteiger partial charge in [-0.1, -0.05) is 29.8 Å². The molecule has 6 nitrogen and oxygen atoms in total. The molecular weight excluding hydrogens is 436 g/mol. The first kappa shape index (κ1) is 20.2. The van der Waals surface area contributed by atoms with Gasteiger partial charge in [0.15, 0.2) is 0 Å². The first-order valence-electron chi connectivity index (χ1n) is 10.2. The zero-order valence-corrected chi connectivity index (χ0v) is 18.3. The molecule has 0 saturated heterocycles. The summed E-state index contributed by atoms with van der Waals surface area (Å²) in [6, 6.07) is 15.6. The van der Waals surface area contributed by atoms with Gasteiger partial charge in [-0.3, -0.25) is 9.10 Å². The first-order valence-corrected chi connectivity index (χ1v) is 12.0. The Morgan fingerprint density at radius 1 is 1.13 bits per heavy atom. The second kappa shape index (κ2) is 7.73. The van der Waals surface area contributed by atoms with E-state index in [2.05, 4.69) is 0 Å². The van der Waals surface area contributed by atoms with Crippen molar-refractivity contribution in [2.24, 2.45) is 0 Å². The number of carbonyl (C=O) groups is 1. The van der Waals surface area contributed by atoms with E-state index in [4.69, 9.17) is 16.0 Å². The molecule has 0 unspecified atom stereocenters. The Morgan fingerprint density at radius 2 is 1.94 bits per heavy atom. The fourth-order valence-corrected chi connectivity index (χ4v) is 6.01. The molecular formula is C23H21ClN2O4S. The predicted octanol–water partition coefficient (Wildman–Crippen LogP) is 4.49. The van der Waals surface area contributed by atoms with Gasteiger partial charge in [0.2, 0.25) is 0 Å². The number of furan rings is 1. The van der Waals surface area contributed by atoms with Gasteiger partial charge in [-0.15, -0.1) is 0 Å². The number of amides is 1. The van der Waals surface area contributed by atoms with Crippen LogP contribution >= 0.6 is 11.6 Å². The Morgan fingerprint density at radius 3 is 2.68 bits per heavy atom. The summed E-state index contributed by atoms with van der Waals surface area (Å²) in [6.45, 7) is 0.698. The highest BCUT2D eigenvalue weighted by molar-refractivity contribution is 7.93. The second-order valence-corrected chi connectivity index (χ2v) is 10.1. The summed E-state index contributed by atoms with van der Waals surface area (Å²) in [5, 5.41) is 0.102. The number of hydrogen-bond donors (Lipinski definition) is 0. The highest BCUT2D eigenvalue weighted by Crippen LogP contribution is 2.36. The van der Waals surface area contributed by atoms with Gasteiger partial charge in [0.25, 0.3) is 15.9 Å². The van der Waals surface area contributed by atoms with Gasteiger partial charge < -0.3 is 9.32 Å². The lowest BCUT2D eigenvalue weighted by Crippen LogP contribution is -2.33. The van der Waals surface area contributed by atoms with Crippen LogP contribution in [0.5, 0.6) is 0 Å². The van der Waals surface area contributed by atoms with Crippen LogP contribution in [0.1, 0.15) is 34.5 Å². The average Bonchev–Trinajstić information content (AvgIpc) is 3.29. The van der Waals surface area contributed by atoms with Crippen LogP contribution in [0.4, 0.5) is 5.69 Å². The largest absolute Gasteiger partial charge is 0.467 e. The number of halogens is 1. The molecule has 2 aliphatic rings. The molecule has 0 radical (unpaired) electrons. The van der Waals surface area contributed by atoms with Gasteiger partial charge in [0.1, 0.15) is 10.7 Å². The van der Waals surface area contributed by atoms with E-state index < -0.39 is 10.0 Å². The highest BCUT2D eigenvalue weighted by Gasteiger charge is 2.36. The van der Waals surface area contributed by atoms with Crippen molar-refractivity contribution in [2.75, 3.05) is 10.8 Å². The van der Waals surface area contributed by atoms with Crippen molar-refractivity contribution in [3.63, 3.8) is 0 Å². The number of carbonyl (C=O) groups excluding carboxylic acids is 1. The molecule has 3 aromatic rings. The summed E-state index contributed by atoms with van der Waals surface area (Å²) in [6.07, 6.45) is 4.07. The molecule has 1 saturated carbocycles. The maximum Gasteiger partial charge on any atom is 0.265 e. The Bertz CT molecular complexity index is 1240. The van der Waals surface area contributed by atoms with Crippen LogP contribution in [0.3, 0.4) is 0 Å². The second-order valence-electron chi connectivity index (χ2n) is 7.84. The zero-order chi connectivity index (χ0) is 21.6. The molecule has 5 rings (SSSR count). The molecule has 0 N–H and O–H groups in total. The van der Waals surface area contributed by atoms with Crippen molar-refractivity contribution in [3.05, 3.63) is 82.8 Å². The molecule has 1 amide bonds. The van der Waals surface area contributed by atoms with Gasteiger partial charge >= 0.3 is 0 Å². The van der Waals surface area contributed by atoms with Crippen LogP contribution in [-0.2, 0) is 23.0 Å². The molecule has 0 atom stereocenters. The number of anilines is 1. The lowest BCUT2D eigenvalue weighted by molar-refractivity contribution is 0.0717. The van der Waals surface area contributed by atoms with E-state index in [-0.39, 0.29) is 21.9 Å². The number of sulfonamides is 1. The summed E-state index contributed by atoms with van der Waals surface area (Å²) >= 11 is 6.31. The summed E-state index contributed by atoms with van der Waals surface area (Å²) in [5.74, 6) is 0.463. The number of rotatable bonds is 6. The smallest absolute Gasteiger partial charge is 0.265 e. The van der Waals surface area contributed by atoms with E-state index in [9.17, 15) is 13.2 Å². The third-order valence-electron chi connectivity index (χ3n) is 5.75. The normalized spacial score (nSPS) is 15.7. The summed E-state index contributed by atoms with van der Waals surface area (Å²) in [5.41, 5.74) is 1.94. The number of nitrogens with zero attached hydrogens (tertiary/aromatic N) is 2. The van der Waals surface area contributed by atoms with Crippen molar-refractivity contribution in [2.45, 2.75) is 36.7 Å². The van der Waals surface area contributed by atoms with Gasteiger partial charge in [-0.25, -0.2) is 8.42 Å². The van der Waals surface area contributed by atoms with Gasteiger partial charge in [0.05, 0.1) is 23.5 Å². The van der Waals surface area contributed by atoms with Gasteiger partial charge in [-0.05, 0) is 61.2 Å². The Kier molecular flexibility index (Phi) is 5.02. The minimum Gasteiger partial charge on any atom is -0.467 e. The molecule has 2 heterocycles. The van der Waals surface area contributed by atoms with Crippen molar-refractivity contribution < 1.29 is 17.6 Å². The van der Waals surface area contributed by atoms with Crippen LogP contribution in [0.15, 0.2) is 70.2 Å². The SMILES string of the molecule is O=C(c1ccc(Cl)c(S(=O)(=O)N2CCc3ccccc32)c1)N(Cc1ccco1)C1CC1. The zero-order valence-electron chi connectivity index (χ0n) is 16.7. The maximum atomic E-state index is 13.5. The fourth-order valence-electron chi connectivity index (χ4n) is 4.00. The minimum absolute atomic E-state index is 0.0505. The molecule has 2 aromatic carbocycles. The van der Waals surface area contributed by atoms with E-state index in [1.165, 1.54) is 16.4 Å². The third kappa shape index (κ3) is 3.72. The van der Waals surface area contributed by atoms with E-state index in [0.29, 0.717) is 36.5 Å². The fraction of sp³-hybridized carbons (Fsp3) is 0.261. The van der Waals surface area contributed by atoms with Crippen molar-refractivity contribution in [1.29, 1.82) is 0 Å². The Balaban J connectivity index is 1.48. The van der Waals surface area contributed by atoms with Crippen LogP contribution < -0.4 is 4.31 Å². The van der Waals surface area contributed by atoms with Gasteiger partial charge in [0, 0.05) is 18.2 Å². The number of para-hydroxylation sites is 1. The van der Waals surface area contributed by atoms with E-state index in [0.717, 1.165) is 18.4 Å². The molecule has 1 aliphatic carbocycles. The summed E-state index contributed by atoms with van der Waals surface area (Å²) < 4.78 is 33.7. The molecule has 31 heavy (non-hydrogen) atoms. The quantitative estimate of drug-likeness (QED) is 0.548. The standard InChI is InChI=1S/C23H21ClN2O4S/c24-20-10-7-17(23(27)25(18-8-9-18)15-19-5-3-13-30-19)14-22(20)31(28,29)26-12-11-16-4-1-2-6-21(16)26/h1-7,10,13-14,18H,8-9,11-12,15H2. The average molecular weight is 457 g/mol. The third-order valence-corrected chi connectivity index (χ3v) is 8.04. The number of benzene rings is 2. The Hall–Kier alpha value is -2.77. The van der Waals surface area contributed by atoms with Crippen molar-refractivity contribution in [3.8, 4) is 0 Å². The maximum absolute atomic E-state index is 13.5. The van der Waals surface area contributed by atoms with Crippen molar-refractivity contribution >= 4 is 33.2 Å². The lowest BCUT2D eigenvalue weighted by Gasteiger charge is -2.23. The molecule has 1 aliphatic heterocycles. The van der Waals surface area contributed by atoms with Crippen molar-refractivity contribution in [1.82, 2.24) is 4.90 Å². The molecule has 8 heteroatoms. The minimum atomic E-state index is -3.91. The van der Waals surface area contributed by atoms with E-state index in [1.807, 2.05) is 24.3 Å². The van der Waals surface area contributed by atoms with Crippen LogP contribution in [0, 0.1) is 0 Å². The topological polar surface area (TPSA) is 70.8 Å². The molecule has 1 fully saturated rings. The first-order chi connectivity index (χ1) is 14.9. The monoisotopic (exact) mass is 456 g/mol. The summed E-state index contributed by atoms with van der Waals surface area (Å²) in [4.78, 5) is 15.0. The number of fused-ring (bicyclic) bond motifs is 1. The van der Waals surface area contributed by atoms with Crippen LogP contribution in [0.25, 0.3) is 0 Å². The molecule has 0 bridgehead atoms. The summed E-state index contributed by atoms with van der Waals surface area (Å²) in [7, 11) is -3.91.